The molecule has 0 atom stereocenters. The van der Waals surface area contributed by atoms with Gasteiger partial charge in [0.2, 0.25) is 0 Å². The first kappa shape index (κ1) is 9.28. The van der Waals surface area contributed by atoms with Crippen LogP contribution in [0.25, 0.3) is 0 Å². The minimum Gasteiger partial charge on any atom is -0.340 e. The molecular weight excluding hydrogens is 196 g/mol. The van der Waals surface area contributed by atoms with Crippen LogP contribution in [0, 0.1) is 6.42 Å². The summed E-state index contributed by atoms with van der Waals surface area (Å²) in [6, 6.07) is 7.70. The lowest BCUT2D eigenvalue weighted by Crippen LogP contribution is -1.84. The lowest BCUT2D eigenvalue weighted by atomic mass is 10.1. The van der Waals surface area contributed by atoms with Gasteiger partial charge in [-0.25, -0.2) is 4.98 Å². The van der Waals surface area contributed by atoms with E-state index < -0.39 is 0 Å². The number of aryl methyl sites for hydroxylation is 1. The summed E-state index contributed by atoms with van der Waals surface area (Å²) in [6.07, 6.45) is 5.73. The van der Waals surface area contributed by atoms with Gasteiger partial charge in [0.05, 0.1) is 12.0 Å². The molecule has 71 valence electrons. The number of nitrogens with zero attached hydrogens (tertiary/aromatic N) is 2. The zero-order chi connectivity index (χ0) is 9.97. The van der Waals surface area contributed by atoms with E-state index in [4.69, 9.17) is 11.6 Å². The standard InChI is InChI=1S/C11H10ClN2/c1-14-7-11(13-8-14)6-9-3-2-4-10(12)5-9/h2-8H,1H3. The molecule has 0 bridgehead atoms. The number of rotatable bonds is 2. The Morgan fingerprint density at radius 2 is 2.29 bits per heavy atom. The predicted molar refractivity (Wildman–Crippen MR) is 57.2 cm³/mol. The van der Waals surface area contributed by atoms with Crippen molar-refractivity contribution in [2.24, 2.45) is 7.05 Å². The molecule has 0 fully saturated rings. The van der Waals surface area contributed by atoms with Gasteiger partial charge in [-0.05, 0) is 17.7 Å². The van der Waals surface area contributed by atoms with E-state index in [1.807, 2.05) is 48.5 Å². The van der Waals surface area contributed by atoms with Crippen LogP contribution in [0.5, 0.6) is 0 Å². The Morgan fingerprint density at radius 1 is 1.43 bits per heavy atom. The molecule has 14 heavy (non-hydrogen) atoms. The third-order valence-electron chi connectivity index (χ3n) is 1.89. The van der Waals surface area contributed by atoms with Crippen LogP contribution >= 0.6 is 11.6 Å². The van der Waals surface area contributed by atoms with E-state index >= 15 is 0 Å². The van der Waals surface area contributed by atoms with Crippen molar-refractivity contribution in [3.63, 3.8) is 0 Å². The molecule has 0 unspecified atom stereocenters. The van der Waals surface area contributed by atoms with Crippen molar-refractivity contribution in [3.05, 3.63) is 59.5 Å². The summed E-state index contributed by atoms with van der Waals surface area (Å²) in [4.78, 5) is 4.21. The lowest BCUT2D eigenvalue weighted by molar-refractivity contribution is 0.913. The molecule has 3 heteroatoms. The number of halogens is 1. The highest BCUT2D eigenvalue weighted by Crippen LogP contribution is 2.14. The molecule has 2 rings (SSSR count). The number of benzene rings is 1. The summed E-state index contributed by atoms with van der Waals surface area (Å²) in [5, 5.41) is 0.745. The van der Waals surface area contributed by atoms with E-state index in [0.29, 0.717) is 0 Å². The Hall–Kier alpha value is -1.28. The molecule has 0 aliphatic heterocycles. The lowest BCUT2D eigenvalue weighted by Gasteiger charge is -1.97. The van der Waals surface area contributed by atoms with Crippen molar-refractivity contribution >= 4 is 11.6 Å². The molecule has 2 aromatic rings. The molecule has 0 N–H and O–H groups in total. The first-order valence-corrected chi connectivity index (χ1v) is 4.70. The fraction of sp³-hybridized carbons (Fsp3) is 0.0909. The van der Waals surface area contributed by atoms with Crippen LogP contribution in [0.3, 0.4) is 0 Å². The van der Waals surface area contributed by atoms with Crippen molar-refractivity contribution < 1.29 is 0 Å². The van der Waals surface area contributed by atoms with Crippen LogP contribution in [-0.2, 0) is 7.05 Å². The van der Waals surface area contributed by atoms with Crippen molar-refractivity contribution in [3.8, 4) is 0 Å². The van der Waals surface area contributed by atoms with Crippen LogP contribution in [0.4, 0.5) is 0 Å². The smallest absolute Gasteiger partial charge is 0.0947 e. The average Bonchev–Trinajstić information content (AvgIpc) is 2.51. The van der Waals surface area contributed by atoms with E-state index in [0.717, 1.165) is 16.3 Å². The maximum atomic E-state index is 5.87. The third-order valence-corrected chi connectivity index (χ3v) is 2.12. The van der Waals surface area contributed by atoms with Gasteiger partial charge in [0.15, 0.2) is 0 Å². The summed E-state index contributed by atoms with van der Waals surface area (Å²) < 4.78 is 1.91. The molecule has 0 aliphatic carbocycles. The van der Waals surface area contributed by atoms with Gasteiger partial charge in [0, 0.05) is 24.7 Å². The summed E-state index contributed by atoms with van der Waals surface area (Å²) >= 11 is 5.87. The first-order valence-electron chi connectivity index (χ1n) is 4.32. The highest BCUT2D eigenvalue weighted by atomic mass is 35.5. The van der Waals surface area contributed by atoms with Crippen LogP contribution < -0.4 is 0 Å². The molecule has 1 radical (unpaired) electrons. The first-order chi connectivity index (χ1) is 6.74. The number of hydrogen-bond donors (Lipinski definition) is 0. The maximum absolute atomic E-state index is 5.87. The molecule has 0 aliphatic rings. The molecule has 1 aromatic carbocycles. The van der Waals surface area contributed by atoms with E-state index in [1.165, 1.54) is 0 Å². The van der Waals surface area contributed by atoms with E-state index in [-0.39, 0.29) is 0 Å². The third kappa shape index (κ3) is 2.15. The predicted octanol–water partition coefficient (Wildman–Crippen LogP) is 2.67. The Bertz CT molecular complexity index is 434. The Kier molecular flexibility index (Phi) is 2.55. The van der Waals surface area contributed by atoms with Gasteiger partial charge in [0.1, 0.15) is 0 Å². The molecule has 1 aromatic heterocycles. The number of imidazole rings is 1. The fourth-order valence-corrected chi connectivity index (χ4v) is 1.47. The second-order valence-electron chi connectivity index (χ2n) is 3.16. The zero-order valence-corrected chi connectivity index (χ0v) is 8.57. The summed E-state index contributed by atoms with van der Waals surface area (Å²) in [5.74, 6) is 0. The van der Waals surface area contributed by atoms with Crippen LogP contribution in [-0.4, -0.2) is 9.55 Å². The monoisotopic (exact) mass is 205 g/mol. The van der Waals surface area contributed by atoms with Crippen LogP contribution in [0.15, 0.2) is 36.8 Å². The molecule has 0 saturated heterocycles. The van der Waals surface area contributed by atoms with Gasteiger partial charge in [-0.15, -0.1) is 0 Å². The van der Waals surface area contributed by atoms with Crippen molar-refractivity contribution in [1.82, 2.24) is 9.55 Å². The maximum Gasteiger partial charge on any atom is 0.0947 e. The van der Waals surface area contributed by atoms with Gasteiger partial charge in [-0.1, -0.05) is 23.7 Å². The number of hydrogen-bond acceptors (Lipinski definition) is 1. The number of aromatic nitrogens is 2. The minimum atomic E-state index is 0.745. The zero-order valence-electron chi connectivity index (χ0n) is 7.81. The van der Waals surface area contributed by atoms with Crippen LogP contribution in [0.2, 0.25) is 5.02 Å². The van der Waals surface area contributed by atoms with Gasteiger partial charge < -0.3 is 4.57 Å². The van der Waals surface area contributed by atoms with Gasteiger partial charge in [-0.3, -0.25) is 0 Å². The highest BCUT2D eigenvalue weighted by molar-refractivity contribution is 6.30. The topological polar surface area (TPSA) is 17.8 Å². The molecule has 2 nitrogen and oxygen atoms in total. The van der Waals surface area contributed by atoms with E-state index in [9.17, 15) is 0 Å². The Balaban J connectivity index is 2.18. The normalized spacial score (nSPS) is 10.4. The highest BCUT2D eigenvalue weighted by Gasteiger charge is 1.99. The summed E-state index contributed by atoms with van der Waals surface area (Å²) in [5.41, 5.74) is 2.01. The Labute approximate surface area is 88.2 Å². The molecule has 0 amide bonds. The fourth-order valence-electron chi connectivity index (χ4n) is 1.27. The summed E-state index contributed by atoms with van der Waals surface area (Å²) in [7, 11) is 1.95. The molecular formula is C11H10ClN2. The SMILES string of the molecule is Cn1cnc([CH]c2cccc(Cl)c2)c1. The van der Waals surface area contributed by atoms with Crippen molar-refractivity contribution in [1.29, 1.82) is 0 Å². The van der Waals surface area contributed by atoms with E-state index in [2.05, 4.69) is 4.98 Å². The van der Waals surface area contributed by atoms with Crippen molar-refractivity contribution in [2.45, 2.75) is 0 Å². The molecule has 1 heterocycles. The second kappa shape index (κ2) is 3.84. The van der Waals surface area contributed by atoms with Crippen LogP contribution in [0.1, 0.15) is 11.3 Å². The van der Waals surface area contributed by atoms with Gasteiger partial charge >= 0.3 is 0 Å². The van der Waals surface area contributed by atoms with Crippen molar-refractivity contribution in [2.75, 3.05) is 0 Å². The minimum absolute atomic E-state index is 0.745. The van der Waals surface area contributed by atoms with E-state index in [1.54, 1.807) is 6.33 Å². The quantitative estimate of drug-likeness (QED) is 0.737. The summed E-state index contributed by atoms with van der Waals surface area (Å²) in [6.45, 7) is 0. The molecule has 0 spiro atoms. The Morgan fingerprint density at radius 3 is 2.93 bits per heavy atom. The van der Waals surface area contributed by atoms with Gasteiger partial charge in [0.25, 0.3) is 0 Å². The largest absolute Gasteiger partial charge is 0.340 e. The van der Waals surface area contributed by atoms with Gasteiger partial charge in [-0.2, -0.15) is 0 Å². The second-order valence-corrected chi connectivity index (χ2v) is 3.60. The average molecular weight is 206 g/mol. The molecule has 0 saturated carbocycles.